The van der Waals surface area contributed by atoms with Crippen LogP contribution in [0.4, 0.5) is 4.39 Å². The van der Waals surface area contributed by atoms with Gasteiger partial charge in [0.2, 0.25) is 0 Å². The first-order valence-corrected chi connectivity index (χ1v) is 8.39. The number of aliphatic hydroxyl groups is 1. The van der Waals surface area contributed by atoms with Crippen LogP contribution in [0.1, 0.15) is 23.6 Å². The maximum atomic E-state index is 13.6. The summed E-state index contributed by atoms with van der Waals surface area (Å²) >= 11 is 0. The van der Waals surface area contributed by atoms with Crippen molar-refractivity contribution in [3.63, 3.8) is 0 Å². The molecule has 2 heterocycles. The fraction of sp³-hybridized carbons (Fsp3) is 0.250. The number of pyridine rings is 1. The number of benzene rings is 2. The second-order valence-corrected chi connectivity index (χ2v) is 6.60. The molecule has 2 atom stereocenters. The minimum atomic E-state index is -0.479. The molecule has 1 fully saturated rings. The lowest BCUT2D eigenvalue weighted by Crippen LogP contribution is -2.28. The summed E-state index contributed by atoms with van der Waals surface area (Å²) < 4.78 is 13.6. The zero-order chi connectivity index (χ0) is 17.4. The van der Waals surface area contributed by atoms with Gasteiger partial charge in [0.25, 0.3) is 5.56 Å². The Bertz CT molecular complexity index is 969. The van der Waals surface area contributed by atoms with E-state index in [4.69, 9.17) is 0 Å². The Labute approximate surface area is 144 Å². The van der Waals surface area contributed by atoms with Crippen LogP contribution in [0.25, 0.3) is 10.9 Å². The number of H-pyrrole nitrogens is 1. The number of aromatic amines is 1. The Morgan fingerprint density at radius 2 is 2.00 bits per heavy atom. The van der Waals surface area contributed by atoms with Crippen LogP contribution in [0, 0.1) is 5.82 Å². The van der Waals surface area contributed by atoms with Gasteiger partial charge >= 0.3 is 0 Å². The number of β-amino-alcohol motifs (C(OH)–C–C–N with tert-alkyl or cyclic N) is 1. The van der Waals surface area contributed by atoms with E-state index in [0.717, 1.165) is 16.5 Å². The first-order valence-electron chi connectivity index (χ1n) is 8.39. The summed E-state index contributed by atoms with van der Waals surface area (Å²) in [7, 11) is 0. The average Bonchev–Trinajstić information content (AvgIpc) is 2.96. The number of para-hydroxylation sites is 1. The second kappa shape index (κ2) is 6.43. The molecule has 0 saturated carbocycles. The summed E-state index contributed by atoms with van der Waals surface area (Å²) in [4.78, 5) is 17.3. The molecule has 3 aromatic rings. The highest BCUT2D eigenvalue weighted by molar-refractivity contribution is 5.78. The lowest BCUT2D eigenvalue weighted by molar-refractivity contribution is 0.172. The zero-order valence-electron chi connectivity index (χ0n) is 13.7. The maximum absolute atomic E-state index is 13.6. The monoisotopic (exact) mass is 338 g/mol. The Hall–Kier alpha value is -2.50. The fourth-order valence-electron chi connectivity index (χ4n) is 3.64. The van der Waals surface area contributed by atoms with Crippen LogP contribution in [-0.4, -0.2) is 27.6 Å². The smallest absolute Gasteiger partial charge is 0.252 e. The first-order chi connectivity index (χ1) is 12.1. The molecule has 0 radical (unpaired) electrons. The van der Waals surface area contributed by atoms with Crippen molar-refractivity contribution in [2.75, 3.05) is 6.54 Å². The highest BCUT2D eigenvalue weighted by atomic mass is 19.1. The number of halogens is 1. The molecule has 0 spiro atoms. The van der Waals surface area contributed by atoms with Gasteiger partial charge in [0, 0.05) is 30.2 Å². The fourth-order valence-corrected chi connectivity index (χ4v) is 3.64. The summed E-state index contributed by atoms with van der Waals surface area (Å²) in [5, 5.41) is 11.1. The summed E-state index contributed by atoms with van der Waals surface area (Å²) in [6, 6.07) is 15.9. The summed E-state index contributed by atoms with van der Waals surface area (Å²) in [5.41, 5.74) is 2.15. The Morgan fingerprint density at radius 3 is 2.84 bits per heavy atom. The summed E-state index contributed by atoms with van der Waals surface area (Å²) in [5.74, 6) is -0.289. The van der Waals surface area contributed by atoms with Crippen molar-refractivity contribution in [3.05, 3.63) is 81.9 Å². The van der Waals surface area contributed by atoms with Crippen molar-refractivity contribution in [2.24, 2.45) is 0 Å². The van der Waals surface area contributed by atoms with E-state index in [2.05, 4.69) is 4.98 Å². The van der Waals surface area contributed by atoms with Crippen LogP contribution in [0.3, 0.4) is 0 Å². The Kier molecular flexibility index (Phi) is 4.11. The number of nitrogens with zero attached hydrogens (tertiary/aromatic N) is 1. The molecule has 0 amide bonds. The minimum Gasteiger partial charge on any atom is -0.392 e. The predicted molar refractivity (Wildman–Crippen MR) is 94.7 cm³/mol. The lowest BCUT2D eigenvalue weighted by atomic mass is 10.0. The van der Waals surface area contributed by atoms with E-state index >= 15 is 0 Å². The summed E-state index contributed by atoms with van der Waals surface area (Å²) in [6.45, 7) is 0.881. The van der Waals surface area contributed by atoms with Gasteiger partial charge in [0.15, 0.2) is 0 Å². The lowest BCUT2D eigenvalue weighted by Gasteiger charge is -2.24. The third-order valence-corrected chi connectivity index (χ3v) is 4.82. The summed E-state index contributed by atoms with van der Waals surface area (Å²) in [6.07, 6.45) is 0.0578. The second-order valence-electron chi connectivity index (χ2n) is 6.60. The van der Waals surface area contributed by atoms with Crippen molar-refractivity contribution in [3.8, 4) is 0 Å². The van der Waals surface area contributed by atoms with Gasteiger partial charge in [0.1, 0.15) is 5.82 Å². The Morgan fingerprint density at radius 1 is 1.16 bits per heavy atom. The molecule has 1 saturated heterocycles. The number of aliphatic hydroxyl groups excluding tert-OH is 1. The van der Waals surface area contributed by atoms with Crippen LogP contribution in [0.2, 0.25) is 0 Å². The molecule has 2 N–H and O–H groups in total. The number of fused-ring (bicyclic) bond motifs is 1. The highest BCUT2D eigenvalue weighted by Crippen LogP contribution is 2.33. The van der Waals surface area contributed by atoms with E-state index in [1.165, 1.54) is 12.1 Å². The van der Waals surface area contributed by atoms with Crippen LogP contribution in [0.15, 0.2) is 59.4 Å². The van der Waals surface area contributed by atoms with Gasteiger partial charge in [0.05, 0.1) is 6.10 Å². The van der Waals surface area contributed by atoms with E-state index in [0.29, 0.717) is 25.1 Å². The molecule has 0 aliphatic carbocycles. The topological polar surface area (TPSA) is 56.3 Å². The molecule has 1 aliphatic rings. The molecule has 2 aromatic carbocycles. The van der Waals surface area contributed by atoms with E-state index in [1.807, 2.05) is 41.3 Å². The van der Waals surface area contributed by atoms with Gasteiger partial charge in [-0.1, -0.05) is 30.3 Å². The van der Waals surface area contributed by atoms with Crippen molar-refractivity contribution < 1.29 is 9.50 Å². The van der Waals surface area contributed by atoms with Gasteiger partial charge in [-0.3, -0.25) is 9.69 Å². The first kappa shape index (κ1) is 16.0. The third kappa shape index (κ3) is 3.21. The number of rotatable bonds is 3. The molecule has 128 valence electrons. The van der Waals surface area contributed by atoms with E-state index in [-0.39, 0.29) is 17.4 Å². The van der Waals surface area contributed by atoms with Crippen molar-refractivity contribution in [1.29, 1.82) is 0 Å². The molecule has 0 bridgehead atoms. The Balaban J connectivity index is 1.66. The van der Waals surface area contributed by atoms with E-state index in [1.54, 1.807) is 6.07 Å². The van der Waals surface area contributed by atoms with Gasteiger partial charge in [-0.2, -0.15) is 0 Å². The zero-order valence-corrected chi connectivity index (χ0v) is 13.7. The normalized spacial score (nSPS) is 21.0. The molecule has 25 heavy (non-hydrogen) atoms. The maximum Gasteiger partial charge on any atom is 0.252 e. The molecule has 5 heteroatoms. The predicted octanol–water partition coefficient (Wildman–Crippen LogP) is 2.98. The van der Waals surface area contributed by atoms with Crippen molar-refractivity contribution >= 4 is 10.9 Å². The number of nitrogens with one attached hydrogen (secondary N) is 1. The standard InChI is InChI=1S/C20H19FN2O2/c21-16-6-3-5-14(9-16)19-10-17(24)12-23(19)11-15-8-13-4-1-2-7-18(13)22-20(15)25/h1-9,17,19,24H,10-12H2,(H,22,25). The van der Waals surface area contributed by atoms with Gasteiger partial charge in [-0.15, -0.1) is 0 Å². The molecule has 2 unspecified atom stereocenters. The molecule has 1 aliphatic heterocycles. The quantitative estimate of drug-likeness (QED) is 0.772. The molecule has 1 aromatic heterocycles. The minimum absolute atomic E-state index is 0.100. The van der Waals surface area contributed by atoms with E-state index in [9.17, 15) is 14.3 Å². The number of hydrogen-bond acceptors (Lipinski definition) is 3. The van der Waals surface area contributed by atoms with Crippen molar-refractivity contribution in [1.82, 2.24) is 9.88 Å². The molecular weight excluding hydrogens is 319 g/mol. The van der Waals surface area contributed by atoms with Gasteiger partial charge in [-0.25, -0.2) is 4.39 Å². The third-order valence-electron chi connectivity index (χ3n) is 4.82. The highest BCUT2D eigenvalue weighted by Gasteiger charge is 2.32. The van der Waals surface area contributed by atoms with Gasteiger partial charge < -0.3 is 10.1 Å². The van der Waals surface area contributed by atoms with Crippen LogP contribution >= 0.6 is 0 Å². The SMILES string of the molecule is O=c1[nH]c2ccccc2cc1CN1CC(O)CC1c1cccc(F)c1. The van der Waals surface area contributed by atoms with Crippen LogP contribution < -0.4 is 5.56 Å². The van der Waals surface area contributed by atoms with Crippen LogP contribution in [-0.2, 0) is 6.54 Å². The number of likely N-dealkylation sites (tertiary alicyclic amines) is 1. The van der Waals surface area contributed by atoms with Crippen molar-refractivity contribution in [2.45, 2.75) is 25.1 Å². The largest absolute Gasteiger partial charge is 0.392 e. The molecule has 4 nitrogen and oxygen atoms in total. The molecular formula is C20H19FN2O2. The van der Waals surface area contributed by atoms with Crippen LogP contribution in [0.5, 0.6) is 0 Å². The average molecular weight is 338 g/mol. The number of aromatic nitrogens is 1. The number of hydrogen-bond donors (Lipinski definition) is 2. The molecule has 4 rings (SSSR count). The van der Waals surface area contributed by atoms with Gasteiger partial charge in [-0.05, 0) is 41.6 Å². The van der Waals surface area contributed by atoms with E-state index < -0.39 is 6.10 Å².